The zero-order valence-corrected chi connectivity index (χ0v) is 26.4. The van der Waals surface area contributed by atoms with Crippen LogP contribution in [0.5, 0.6) is 0 Å². The summed E-state index contributed by atoms with van der Waals surface area (Å²) in [5.74, 6) is -2.39. The molecule has 14 heteroatoms. The van der Waals surface area contributed by atoms with E-state index in [1.807, 2.05) is 37.3 Å². The molecule has 1 fully saturated rings. The van der Waals surface area contributed by atoms with Gasteiger partial charge in [0.05, 0.1) is 46.9 Å². The highest BCUT2D eigenvalue weighted by molar-refractivity contribution is 8.19. The predicted molar refractivity (Wildman–Crippen MR) is 174 cm³/mol. The van der Waals surface area contributed by atoms with E-state index in [9.17, 15) is 32.4 Å². The lowest BCUT2D eigenvalue weighted by atomic mass is 10.2. The fourth-order valence-corrected chi connectivity index (χ4v) is 7.26. The molecule has 8 nitrogen and oxygen atoms in total. The maximum Gasteiger partial charge on any atom is 0.471 e. The Balaban J connectivity index is 1.54. The Bertz CT molecular complexity index is 1760. The van der Waals surface area contributed by atoms with Gasteiger partial charge in [-0.3, -0.25) is 18.9 Å². The van der Waals surface area contributed by atoms with Crippen molar-refractivity contribution < 1.29 is 27.2 Å². The number of hydrogen-bond acceptors (Lipinski definition) is 8. The number of fused-ring (bicyclic) bond motifs is 1. The first-order valence-electron chi connectivity index (χ1n) is 14.2. The van der Waals surface area contributed by atoms with Crippen molar-refractivity contribution in [1.82, 2.24) is 4.90 Å². The molecule has 1 N–H and O–H groups in total. The summed E-state index contributed by atoms with van der Waals surface area (Å²) in [4.78, 5) is 35.9. The molecule has 0 aromatic heterocycles. The van der Waals surface area contributed by atoms with E-state index in [2.05, 4.69) is 11.4 Å². The fourth-order valence-electron chi connectivity index (χ4n) is 4.89. The zero-order valence-electron chi connectivity index (χ0n) is 24.8. The van der Waals surface area contributed by atoms with Gasteiger partial charge in [-0.25, -0.2) is 4.99 Å². The number of rotatable bonds is 9. The average Bonchev–Trinajstić information content (AvgIpc) is 3.52. The summed E-state index contributed by atoms with van der Waals surface area (Å²) < 4.78 is 53.0. The van der Waals surface area contributed by atoms with Crippen molar-refractivity contribution in [3.05, 3.63) is 87.8 Å². The van der Waals surface area contributed by atoms with Crippen molar-refractivity contribution in [1.29, 1.82) is 5.26 Å². The standard InChI is InChI=1S/C32H28F4N6O2S2/c1-3-38-23-12-10-21(18-37)16-24(23)39-31-42(19-20-8-5-4-6-9-20)28(43)27(46-31)29-40(2)25-13-11-22(17-26(25)45-29)41(15-7-14-33)30(44)32(34,35)36/h4-6,8-13,16-17,38H,3,7,14-15,19H2,1-2H3. The van der Waals surface area contributed by atoms with Crippen molar-refractivity contribution in [3.63, 3.8) is 0 Å². The van der Waals surface area contributed by atoms with E-state index >= 15 is 0 Å². The third-order valence-corrected chi connectivity index (χ3v) is 9.50. The van der Waals surface area contributed by atoms with Crippen LogP contribution in [0.1, 0.15) is 24.5 Å². The van der Waals surface area contributed by atoms with Crippen LogP contribution in [-0.4, -0.2) is 54.9 Å². The lowest BCUT2D eigenvalue weighted by Crippen LogP contribution is -2.42. The number of anilines is 3. The van der Waals surface area contributed by atoms with Crippen molar-refractivity contribution in [3.8, 4) is 6.07 Å². The number of thioether (sulfide) groups is 2. The second-order valence-electron chi connectivity index (χ2n) is 10.2. The number of carbonyl (C=O) groups excluding carboxylic acids is 2. The van der Waals surface area contributed by atoms with E-state index < -0.39 is 25.3 Å². The molecule has 2 aliphatic rings. The molecule has 2 amide bonds. The quantitative estimate of drug-likeness (QED) is 0.188. The highest BCUT2D eigenvalue weighted by Crippen LogP contribution is 2.51. The third-order valence-electron chi connectivity index (χ3n) is 7.08. The van der Waals surface area contributed by atoms with E-state index in [0.29, 0.717) is 54.1 Å². The van der Waals surface area contributed by atoms with Crippen LogP contribution < -0.4 is 15.1 Å². The Kier molecular flexibility index (Phi) is 9.93. The van der Waals surface area contributed by atoms with Crippen LogP contribution in [0.3, 0.4) is 0 Å². The number of nitrogens with one attached hydrogen (secondary N) is 1. The van der Waals surface area contributed by atoms with Crippen LogP contribution in [0.15, 0.2) is 86.6 Å². The first kappa shape index (κ1) is 32.9. The van der Waals surface area contributed by atoms with Gasteiger partial charge in [0.2, 0.25) is 0 Å². The molecular weight excluding hydrogens is 641 g/mol. The number of amides is 2. The molecule has 0 aliphatic carbocycles. The van der Waals surface area contributed by atoms with Crippen LogP contribution in [0.2, 0.25) is 0 Å². The number of hydrogen-bond donors (Lipinski definition) is 1. The van der Waals surface area contributed by atoms with Gasteiger partial charge in [0.1, 0.15) is 4.91 Å². The van der Waals surface area contributed by atoms with Gasteiger partial charge in [0.15, 0.2) is 5.17 Å². The Morgan fingerprint density at radius 3 is 2.52 bits per heavy atom. The summed E-state index contributed by atoms with van der Waals surface area (Å²) in [5, 5.41) is 13.7. The van der Waals surface area contributed by atoms with Crippen LogP contribution in [0.25, 0.3) is 0 Å². The van der Waals surface area contributed by atoms with Crippen molar-refractivity contribution in [2.45, 2.75) is 31.0 Å². The SMILES string of the molecule is CCNc1ccc(C#N)cc1N=C1SC(=C2Sc3cc(N(CCCF)C(=O)C(F)(F)F)ccc3N2C)C(=O)N1Cc1ccccc1. The maximum absolute atomic E-state index is 14.1. The van der Waals surface area contributed by atoms with Crippen LogP contribution in [0.4, 0.5) is 40.3 Å². The average molecular weight is 669 g/mol. The van der Waals surface area contributed by atoms with Crippen LogP contribution in [-0.2, 0) is 16.1 Å². The molecule has 238 valence electrons. The van der Waals surface area contributed by atoms with Gasteiger partial charge in [-0.05, 0) is 67.1 Å². The number of amidine groups is 1. The molecule has 2 heterocycles. The molecule has 0 radical (unpaired) electrons. The number of alkyl halides is 4. The van der Waals surface area contributed by atoms with Gasteiger partial charge in [-0.2, -0.15) is 18.4 Å². The van der Waals surface area contributed by atoms with Crippen LogP contribution >= 0.6 is 23.5 Å². The molecule has 2 aliphatic heterocycles. The van der Waals surface area contributed by atoms with Gasteiger partial charge in [0.25, 0.3) is 5.91 Å². The first-order chi connectivity index (χ1) is 22.0. The Morgan fingerprint density at radius 1 is 1.09 bits per heavy atom. The van der Waals surface area contributed by atoms with E-state index in [0.717, 1.165) is 17.3 Å². The normalized spacial score (nSPS) is 17.0. The maximum atomic E-state index is 14.1. The number of halogens is 4. The smallest absolute Gasteiger partial charge is 0.384 e. The Labute approximate surface area is 271 Å². The molecule has 3 aromatic carbocycles. The molecular formula is C32H28F4N6O2S2. The summed E-state index contributed by atoms with van der Waals surface area (Å²) in [6.07, 6.45) is -5.38. The highest BCUT2D eigenvalue weighted by atomic mass is 32.2. The number of nitrogens with zero attached hydrogens (tertiary/aromatic N) is 5. The molecule has 0 unspecified atom stereocenters. The van der Waals surface area contributed by atoms with Crippen molar-refractivity contribution >= 4 is 63.3 Å². The largest absolute Gasteiger partial charge is 0.471 e. The summed E-state index contributed by atoms with van der Waals surface area (Å²) in [6, 6.07) is 21.0. The fraction of sp³-hybridized carbons (Fsp3) is 0.250. The minimum absolute atomic E-state index is 0.0200. The molecule has 0 spiro atoms. The second kappa shape index (κ2) is 13.9. The molecule has 3 aromatic rings. The van der Waals surface area contributed by atoms with Gasteiger partial charge < -0.3 is 15.1 Å². The Hall–Kier alpha value is -4.48. The second-order valence-corrected chi connectivity index (χ2v) is 12.2. The number of benzene rings is 3. The zero-order chi connectivity index (χ0) is 33.0. The lowest BCUT2D eigenvalue weighted by molar-refractivity contribution is -0.170. The van der Waals surface area contributed by atoms with Crippen molar-refractivity contribution in [2.24, 2.45) is 4.99 Å². The van der Waals surface area contributed by atoms with Gasteiger partial charge in [-0.1, -0.05) is 42.1 Å². The summed E-state index contributed by atoms with van der Waals surface area (Å²) in [6.45, 7) is 1.46. The van der Waals surface area contributed by atoms with E-state index in [1.54, 1.807) is 41.1 Å². The minimum atomic E-state index is -5.13. The molecule has 0 saturated carbocycles. The van der Waals surface area contributed by atoms with Gasteiger partial charge >= 0.3 is 12.1 Å². The molecule has 0 bridgehead atoms. The number of carbonyl (C=O) groups is 2. The van der Waals surface area contributed by atoms with Crippen molar-refractivity contribution in [2.75, 3.05) is 41.9 Å². The van der Waals surface area contributed by atoms with Gasteiger partial charge in [-0.15, -0.1) is 0 Å². The van der Waals surface area contributed by atoms with E-state index in [4.69, 9.17) is 4.99 Å². The lowest BCUT2D eigenvalue weighted by Gasteiger charge is -2.24. The van der Waals surface area contributed by atoms with Crippen LogP contribution in [0, 0.1) is 11.3 Å². The van der Waals surface area contributed by atoms with E-state index in [-0.39, 0.29) is 24.6 Å². The third kappa shape index (κ3) is 6.85. The first-order valence-corrected chi connectivity index (χ1v) is 15.8. The van der Waals surface area contributed by atoms with E-state index in [1.165, 1.54) is 23.9 Å². The minimum Gasteiger partial charge on any atom is -0.384 e. The summed E-state index contributed by atoms with van der Waals surface area (Å²) in [7, 11) is 1.74. The predicted octanol–water partition coefficient (Wildman–Crippen LogP) is 7.42. The van der Waals surface area contributed by atoms with Gasteiger partial charge in [0, 0.05) is 30.7 Å². The molecule has 0 atom stereocenters. The number of aliphatic imine (C=N–C) groups is 1. The molecule has 46 heavy (non-hydrogen) atoms. The highest BCUT2D eigenvalue weighted by Gasteiger charge is 2.44. The topological polar surface area (TPSA) is 92.0 Å². The Morgan fingerprint density at radius 2 is 1.85 bits per heavy atom. The summed E-state index contributed by atoms with van der Waals surface area (Å²) >= 11 is 2.35. The molecule has 5 rings (SSSR count). The molecule has 1 saturated heterocycles. The monoisotopic (exact) mass is 668 g/mol. The number of nitriles is 1. The summed E-state index contributed by atoms with van der Waals surface area (Å²) in [5.41, 5.74) is 3.07.